The van der Waals surface area contributed by atoms with Crippen LogP contribution < -0.4 is 0 Å². The van der Waals surface area contributed by atoms with Crippen molar-refractivity contribution in [3.8, 4) is 22.3 Å². The zero-order valence-electron chi connectivity index (χ0n) is 14.8. The Morgan fingerprint density at radius 3 is 1.25 bits per heavy atom. The van der Waals surface area contributed by atoms with Gasteiger partial charge in [0, 0.05) is 0 Å². The molecule has 0 spiro atoms. The van der Waals surface area contributed by atoms with Crippen LogP contribution in [0.25, 0.3) is 33.0 Å². The third-order valence-electron chi connectivity index (χ3n) is 4.78. The van der Waals surface area contributed by atoms with Crippen LogP contribution in [0.3, 0.4) is 0 Å². The maximum absolute atomic E-state index is 11.8. The molecule has 0 fully saturated rings. The smallest absolute Gasteiger partial charge is 0.336 e. The summed E-state index contributed by atoms with van der Waals surface area (Å²) in [5, 5.41) is 21.2. The number of carbonyl (C=O) groups is 2. The molecule has 2 N–H and O–H groups in total. The molecule has 0 atom stereocenters. The molecule has 0 unspecified atom stereocenters. The monoisotopic (exact) mass is 368 g/mol. The van der Waals surface area contributed by atoms with Crippen LogP contribution in [0.1, 0.15) is 20.7 Å². The van der Waals surface area contributed by atoms with Crippen molar-refractivity contribution in [2.45, 2.75) is 0 Å². The average molecular weight is 368 g/mol. The van der Waals surface area contributed by atoms with E-state index in [-0.39, 0.29) is 11.1 Å². The van der Waals surface area contributed by atoms with E-state index in [1.807, 2.05) is 36.4 Å². The van der Waals surface area contributed by atoms with Gasteiger partial charge in [0.25, 0.3) is 0 Å². The van der Waals surface area contributed by atoms with Gasteiger partial charge in [-0.2, -0.15) is 0 Å². The highest BCUT2D eigenvalue weighted by Gasteiger charge is 2.19. The van der Waals surface area contributed by atoms with Gasteiger partial charge in [0.05, 0.1) is 11.1 Å². The minimum Gasteiger partial charge on any atom is -0.478 e. The molecule has 4 heteroatoms. The van der Waals surface area contributed by atoms with Crippen molar-refractivity contribution in [2.75, 3.05) is 0 Å². The summed E-state index contributed by atoms with van der Waals surface area (Å²) >= 11 is 0. The molecular weight excluding hydrogens is 352 g/mol. The van der Waals surface area contributed by atoms with Crippen molar-refractivity contribution in [1.82, 2.24) is 0 Å². The van der Waals surface area contributed by atoms with Gasteiger partial charge in [-0.1, -0.05) is 60.7 Å². The highest BCUT2D eigenvalue weighted by atomic mass is 16.4. The SMILES string of the molecule is O=C(O)c1ccccc1-c1cc2ccccc2cc1-c1ccccc1C(=O)O. The quantitative estimate of drug-likeness (QED) is 0.494. The lowest BCUT2D eigenvalue weighted by Crippen LogP contribution is -2.02. The average Bonchev–Trinajstić information content (AvgIpc) is 2.72. The summed E-state index contributed by atoms with van der Waals surface area (Å²) in [6.07, 6.45) is 0. The number of carboxylic acids is 2. The second-order valence-electron chi connectivity index (χ2n) is 6.45. The van der Waals surface area contributed by atoms with Gasteiger partial charge in [-0.15, -0.1) is 0 Å². The van der Waals surface area contributed by atoms with E-state index in [1.54, 1.807) is 48.5 Å². The second kappa shape index (κ2) is 7.00. The maximum Gasteiger partial charge on any atom is 0.336 e. The number of rotatable bonds is 4. The van der Waals surface area contributed by atoms with Crippen molar-refractivity contribution < 1.29 is 19.8 Å². The van der Waals surface area contributed by atoms with Gasteiger partial charge in [-0.25, -0.2) is 9.59 Å². The normalized spacial score (nSPS) is 10.7. The van der Waals surface area contributed by atoms with E-state index in [9.17, 15) is 19.8 Å². The third kappa shape index (κ3) is 3.01. The maximum atomic E-state index is 11.8. The van der Waals surface area contributed by atoms with E-state index >= 15 is 0 Å². The van der Waals surface area contributed by atoms with Gasteiger partial charge >= 0.3 is 11.9 Å². The van der Waals surface area contributed by atoms with E-state index in [4.69, 9.17) is 0 Å². The number of hydrogen-bond acceptors (Lipinski definition) is 2. The fraction of sp³-hybridized carbons (Fsp3) is 0. The molecule has 0 aliphatic carbocycles. The second-order valence-corrected chi connectivity index (χ2v) is 6.45. The highest BCUT2D eigenvalue weighted by molar-refractivity contribution is 6.05. The molecule has 0 saturated heterocycles. The van der Waals surface area contributed by atoms with Crippen molar-refractivity contribution in [3.05, 3.63) is 96.1 Å². The van der Waals surface area contributed by atoms with Gasteiger partial charge in [0.1, 0.15) is 0 Å². The molecule has 0 aliphatic heterocycles. The Morgan fingerprint density at radius 1 is 0.500 bits per heavy atom. The number of hydrogen-bond donors (Lipinski definition) is 2. The number of fused-ring (bicyclic) bond motifs is 1. The molecule has 0 saturated carbocycles. The molecule has 136 valence electrons. The highest BCUT2D eigenvalue weighted by Crippen LogP contribution is 2.38. The van der Waals surface area contributed by atoms with Crippen LogP contribution in [0.15, 0.2) is 84.9 Å². The van der Waals surface area contributed by atoms with E-state index in [2.05, 4.69) is 0 Å². The summed E-state index contributed by atoms with van der Waals surface area (Å²) in [5.41, 5.74) is 2.82. The van der Waals surface area contributed by atoms with E-state index < -0.39 is 11.9 Å². The summed E-state index contributed by atoms with van der Waals surface area (Å²) in [7, 11) is 0. The topological polar surface area (TPSA) is 74.6 Å². The van der Waals surface area contributed by atoms with Crippen LogP contribution in [-0.4, -0.2) is 22.2 Å². The molecule has 4 aromatic rings. The zero-order valence-corrected chi connectivity index (χ0v) is 14.8. The van der Waals surface area contributed by atoms with Crippen LogP contribution in [-0.2, 0) is 0 Å². The van der Waals surface area contributed by atoms with E-state index in [1.165, 1.54) is 0 Å². The van der Waals surface area contributed by atoms with Gasteiger partial charge in [0.15, 0.2) is 0 Å². The first-order valence-corrected chi connectivity index (χ1v) is 8.74. The number of aromatic carboxylic acids is 2. The standard InChI is InChI=1S/C24H16O4/c25-23(26)19-11-5-3-9-17(19)21-13-15-7-1-2-8-16(15)14-22(21)18-10-4-6-12-20(18)24(27)28/h1-14H,(H,25,26)(H,27,28). The van der Waals surface area contributed by atoms with E-state index in [0.717, 1.165) is 10.8 Å². The molecule has 0 heterocycles. The largest absolute Gasteiger partial charge is 0.478 e. The van der Waals surface area contributed by atoms with Gasteiger partial charge in [-0.3, -0.25) is 0 Å². The zero-order chi connectivity index (χ0) is 19.7. The van der Waals surface area contributed by atoms with Crippen LogP contribution in [0.4, 0.5) is 0 Å². The molecular formula is C24H16O4. The fourth-order valence-corrected chi connectivity index (χ4v) is 3.49. The lowest BCUT2D eigenvalue weighted by Gasteiger charge is -2.16. The lowest BCUT2D eigenvalue weighted by atomic mass is 9.87. The minimum atomic E-state index is -1.03. The molecule has 0 aliphatic rings. The molecule has 4 rings (SSSR count). The van der Waals surface area contributed by atoms with Gasteiger partial charge in [-0.05, 0) is 57.3 Å². The number of carboxylic acid groups (broad SMARTS) is 2. The van der Waals surface area contributed by atoms with Crippen molar-refractivity contribution in [2.24, 2.45) is 0 Å². The predicted molar refractivity (Wildman–Crippen MR) is 109 cm³/mol. The molecule has 28 heavy (non-hydrogen) atoms. The Morgan fingerprint density at radius 2 is 0.857 bits per heavy atom. The molecule has 0 bridgehead atoms. The van der Waals surface area contributed by atoms with Crippen LogP contribution in [0, 0.1) is 0 Å². The fourth-order valence-electron chi connectivity index (χ4n) is 3.49. The molecule has 0 radical (unpaired) electrons. The van der Waals surface area contributed by atoms with E-state index in [0.29, 0.717) is 22.3 Å². The summed E-state index contributed by atoms with van der Waals surface area (Å²) in [4.78, 5) is 23.6. The predicted octanol–water partition coefficient (Wildman–Crippen LogP) is 5.57. The van der Waals surface area contributed by atoms with Gasteiger partial charge < -0.3 is 10.2 Å². The first-order chi connectivity index (χ1) is 13.6. The Labute approximate surface area is 161 Å². The first kappa shape index (κ1) is 17.5. The molecule has 0 aromatic heterocycles. The number of benzene rings is 4. The Hall–Kier alpha value is -3.92. The van der Waals surface area contributed by atoms with Crippen molar-refractivity contribution in [1.29, 1.82) is 0 Å². The van der Waals surface area contributed by atoms with Crippen molar-refractivity contribution in [3.63, 3.8) is 0 Å². The Bertz CT molecular complexity index is 1130. The molecule has 4 aromatic carbocycles. The summed E-state index contributed by atoms with van der Waals surface area (Å²) in [6, 6.07) is 25.1. The summed E-state index contributed by atoms with van der Waals surface area (Å²) in [6.45, 7) is 0. The summed E-state index contributed by atoms with van der Waals surface area (Å²) in [5.74, 6) is -2.05. The van der Waals surface area contributed by atoms with Crippen LogP contribution >= 0.6 is 0 Å². The molecule has 0 amide bonds. The first-order valence-electron chi connectivity index (χ1n) is 8.74. The van der Waals surface area contributed by atoms with Gasteiger partial charge in [0.2, 0.25) is 0 Å². The molecule has 4 nitrogen and oxygen atoms in total. The lowest BCUT2D eigenvalue weighted by molar-refractivity contribution is 0.0686. The Kier molecular flexibility index (Phi) is 4.38. The van der Waals surface area contributed by atoms with Crippen LogP contribution in [0.5, 0.6) is 0 Å². The van der Waals surface area contributed by atoms with Crippen LogP contribution in [0.2, 0.25) is 0 Å². The summed E-state index contributed by atoms with van der Waals surface area (Å²) < 4.78 is 0. The van der Waals surface area contributed by atoms with Crippen molar-refractivity contribution >= 4 is 22.7 Å². The Balaban J connectivity index is 2.11. The third-order valence-corrected chi connectivity index (χ3v) is 4.78. The minimum absolute atomic E-state index is 0.173.